The fourth-order valence-electron chi connectivity index (χ4n) is 2.56. The van der Waals surface area contributed by atoms with Gasteiger partial charge < -0.3 is 9.32 Å². The van der Waals surface area contributed by atoms with E-state index in [4.69, 9.17) is 16.0 Å². The van der Waals surface area contributed by atoms with Crippen LogP contribution in [0.4, 0.5) is 5.69 Å². The van der Waals surface area contributed by atoms with Crippen LogP contribution in [0.25, 0.3) is 0 Å². The summed E-state index contributed by atoms with van der Waals surface area (Å²) in [7, 11) is -3.84. The molecule has 0 radical (unpaired) electrons. The molecule has 0 atom stereocenters. The molecule has 0 spiro atoms. The Bertz CT molecular complexity index is 1030. The van der Waals surface area contributed by atoms with Gasteiger partial charge in [-0.3, -0.25) is 4.79 Å². The standard InChI is InChI=1S/C20H19ClN2O4S/c1-15-4-8-17(9-5-15)23(14-18-3-2-12-27-18)20(24)13-22-28(25,26)19-10-6-16(21)7-11-19/h2-12,22H,13-14H2,1H3. The minimum Gasteiger partial charge on any atom is -0.467 e. The number of halogens is 1. The second kappa shape index (κ2) is 8.60. The van der Waals surface area contributed by atoms with Crippen LogP contribution in [0.1, 0.15) is 11.3 Å². The fraction of sp³-hybridized carbons (Fsp3) is 0.150. The van der Waals surface area contributed by atoms with Crippen LogP contribution in [0.2, 0.25) is 5.02 Å². The number of sulfonamides is 1. The van der Waals surface area contributed by atoms with Crippen LogP contribution in [0, 0.1) is 6.92 Å². The van der Waals surface area contributed by atoms with Crippen molar-refractivity contribution in [2.75, 3.05) is 11.4 Å². The zero-order chi connectivity index (χ0) is 20.1. The minimum atomic E-state index is -3.84. The van der Waals surface area contributed by atoms with Crippen LogP contribution < -0.4 is 9.62 Å². The lowest BCUT2D eigenvalue weighted by Crippen LogP contribution is -2.40. The molecule has 28 heavy (non-hydrogen) atoms. The van der Waals surface area contributed by atoms with Gasteiger partial charge in [0.2, 0.25) is 15.9 Å². The van der Waals surface area contributed by atoms with Gasteiger partial charge in [0, 0.05) is 10.7 Å². The number of nitrogens with zero attached hydrogens (tertiary/aromatic N) is 1. The topological polar surface area (TPSA) is 79.6 Å². The number of carbonyl (C=O) groups is 1. The molecule has 0 aliphatic carbocycles. The lowest BCUT2D eigenvalue weighted by Gasteiger charge is -2.22. The molecule has 1 amide bonds. The summed E-state index contributed by atoms with van der Waals surface area (Å²) in [4.78, 5) is 14.3. The van der Waals surface area contributed by atoms with E-state index in [9.17, 15) is 13.2 Å². The maximum absolute atomic E-state index is 12.8. The Hall–Kier alpha value is -2.61. The molecule has 1 N–H and O–H groups in total. The third-order valence-corrected chi connectivity index (χ3v) is 5.75. The maximum Gasteiger partial charge on any atom is 0.242 e. The first kappa shape index (κ1) is 20.1. The number of anilines is 1. The molecule has 0 aliphatic heterocycles. The molecule has 3 aromatic rings. The van der Waals surface area contributed by atoms with Gasteiger partial charge in [0.1, 0.15) is 5.76 Å². The van der Waals surface area contributed by atoms with Crippen molar-refractivity contribution in [2.24, 2.45) is 0 Å². The van der Waals surface area contributed by atoms with E-state index in [-0.39, 0.29) is 18.0 Å². The second-order valence-electron chi connectivity index (χ2n) is 6.17. The van der Waals surface area contributed by atoms with Gasteiger partial charge in [-0.15, -0.1) is 0 Å². The predicted molar refractivity (Wildman–Crippen MR) is 108 cm³/mol. The Labute approximate surface area is 168 Å². The van der Waals surface area contributed by atoms with Crippen LogP contribution in [0.5, 0.6) is 0 Å². The van der Waals surface area contributed by atoms with Gasteiger partial charge in [0.15, 0.2) is 0 Å². The van der Waals surface area contributed by atoms with Gasteiger partial charge in [0.25, 0.3) is 0 Å². The molecule has 146 valence electrons. The summed E-state index contributed by atoms with van der Waals surface area (Å²) in [5.74, 6) is 0.187. The highest BCUT2D eigenvalue weighted by atomic mass is 35.5. The summed E-state index contributed by atoms with van der Waals surface area (Å²) in [6.45, 7) is 1.75. The Morgan fingerprint density at radius 1 is 1.07 bits per heavy atom. The monoisotopic (exact) mass is 418 g/mol. The Morgan fingerprint density at radius 2 is 1.75 bits per heavy atom. The first-order chi connectivity index (χ1) is 13.3. The van der Waals surface area contributed by atoms with Crippen molar-refractivity contribution in [3.05, 3.63) is 83.3 Å². The maximum atomic E-state index is 12.8. The van der Waals surface area contributed by atoms with E-state index in [2.05, 4.69) is 4.72 Å². The average Bonchev–Trinajstić information content (AvgIpc) is 3.19. The summed E-state index contributed by atoms with van der Waals surface area (Å²) in [6, 6.07) is 16.6. The van der Waals surface area contributed by atoms with Crippen molar-refractivity contribution >= 4 is 33.2 Å². The molecule has 1 heterocycles. The molecule has 0 aliphatic rings. The number of amides is 1. The molecule has 2 aromatic carbocycles. The average molecular weight is 419 g/mol. The van der Waals surface area contributed by atoms with Crippen molar-refractivity contribution in [3.8, 4) is 0 Å². The largest absolute Gasteiger partial charge is 0.467 e. The number of benzene rings is 2. The molecule has 6 nitrogen and oxygen atoms in total. The number of hydrogen-bond donors (Lipinski definition) is 1. The highest BCUT2D eigenvalue weighted by Gasteiger charge is 2.21. The lowest BCUT2D eigenvalue weighted by molar-refractivity contribution is -0.117. The number of nitrogens with one attached hydrogen (secondary N) is 1. The summed E-state index contributed by atoms with van der Waals surface area (Å²) < 4.78 is 32.5. The second-order valence-corrected chi connectivity index (χ2v) is 8.38. The van der Waals surface area contributed by atoms with E-state index < -0.39 is 15.9 Å². The molecular weight excluding hydrogens is 400 g/mol. The third kappa shape index (κ3) is 5.01. The molecule has 0 saturated carbocycles. The number of aryl methyl sites for hydroxylation is 1. The lowest BCUT2D eigenvalue weighted by atomic mass is 10.2. The van der Waals surface area contributed by atoms with Crippen LogP contribution >= 0.6 is 11.6 Å². The smallest absolute Gasteiger partial charge is 0.242 e. The van der Waals surface area contributed by atoms with Gasteiger partial charge in [0.05, 0.1) is 24.2 Å². The van der Waals surface area contributed by atoms with Crippen molar-refractivity contribution in [1.29, 1.82) is 0 Å². The molecule has 3 rings (SSSR count). The van der Waals surface area contributed by atoms with Crippen molar-refractivity contribution < 1.29 is 17.6 Å². The highest BCUT2D eigenvalue weighted by molar-refractivity contribution is 7.89. The van der Waals surface area contributed by atoms with Gasteiger partial charge in [-0.05, 0) is 55.5 Å². The molecule has 8 heteroatoms. The first-order valence-electron chi connectivity index (χ1n) is 8.50. The van der Waals surface area contributed by atoms with E-state index >= 15 is 0 Å². The number of furan rings is 1. The molecule has 0 fully saturated rings. The van der Waals surface area contributed by atoms with Crippen molar-refractivity contribution in [3.63, 3.8) is 0 Å². The normalized spacial score (nSPS) is 11.4. The SMILES string of the molecule is Cc1ccc(N(Cc2ccco2)C(=O)CNS(=O)(=O)c2ccc(Cl)cc2)cc1. The number of carbonyl (C=O) groups excluding carboxylic acids is 1. The summed E-state index contributed by atoms with van der Waals surface area (Å²) in [6.07, 6.45) is 1.52. The third-order valence-electron chi connectivity index (χ3n) is 4.08. The van der Waals surface area contributed by atoms with Crippen LogP contribution in [0.3, 0.4) is 0 Å². The Morgan fingerprint density at radius 3 is 2.36 bits per heavy atom. The molecule has 0 saturated heterocycles. The minimum absolute atomic E-state index is 0.0395. The van der Waals surface area contributed by atoms with E-state index in [1.807, 2.05) is 31.2 Å². The van der Waals surface area contributed by atoms with Crippen LogP contribution in [0.15, 0.2) is 76.2 Å². The highest BCUT2D eigenvalue weighted by Crippen LogP contribution is 2.19. The summed E-state index contributed by atoms with van der Waals surface area (Å²) in [5, 5.41) is 0.430. The number of rotatable bonds is 7. The molecule has 0 unspecified atom stereocenters. The van der Waals surface area contributed by atoms with Gasteiger partial charge in [-0.1, -0.05) is 29.3 Å². The van der Waals surface area contributed by atoms with E-state index in [1.54, 1.807) is 12.1 Å². The molecule has 1 aromatic heterocycles. The predicted octanol–water partition coefficient (Wildman–Crippen LogP) is 3.75. The van der Waals surface area contributed by atoms with Gasteiger partial charge in [-0.25, -0.2) is 13.1 Å². The van der Waals surface area contributed by atoms with E-state index in [0.29, 0.717) is 16.5 Å². The van der Waals surface area contributed by atoms with Crippen molar-refractivity contribution in [1.82, 2.24) is 4.72 Å². The van der Waals surface area contributed by atoms with Gasteiger partial charge >= 0.3 is 0 Å². The Kier molecular flexibility index (Phi) is 6.18. The number of hydrogen-bond acceptors (Lipinski definition) is 4. The Balaban J connectivity index is 1.77. The quantitative estimate of drug-likeness (QED) is 0.633. The summed E-state index contributed by atoms with van der Waals surface area (Å²) in [5.41, 5.74) is 1.70. The van der Waals surface area contributed by atoms with Gasteiger partial charge in [-0.2, -0.15) is 0 Å². The zero-order valence-electron chi connectivity index (χ0n) is 15.1. The van der Waals surface area contributed by atoms with Crippen LogP contribution in [-0.2, 0) is 21.4 Å². The van der Waals surface area contributed by atoms with E-state index in [1.165, 1.54) is 35.4 Å². The molecule has 0 bridgehead atoms. The first-order valence-corrected chi connectivity index (χ1v) is 10.4. The van der Waals surface area contributed by atoms with Crippen LogP contribution in [-0.4, -0.2) is 20.9 Å². The molecular formula is C20H19ClN2O4S. The zero-order valence-corrected chi connectivity index (χ0v) is 16.7. The van der Waals surface area contributed by atoms with E-state index in [0.717, 1.165) is 5.56 Å². The van der Waals surface area contributed by atoms with Crippen molar-refractivity contribution in [2.45, 2.75) is 18.4 Å². The fourth-order valence-corrected chi connectivity index (χ4v) is 3.66. The summed E-state index contributed by atoms with van der Waals surface area (Å²) >= 11 is 5.79.